The lowest BCUT2D eigenvalue weighted by Crippen LogP contribution is -2.02. The van der Waals surface area contributed by atoms with Gasteiger partial charge in [0.15, 0.2) is 0 Å². The smallest absolute Gasteiger partial charge is 0.128 e. The van der Waals surface area contributed by atoms with Crippen molar-refractivity contribution in [3.63, 3.8) is 0 Å². The van der Waals surface area contributed by atoms with Gasteiger partial charge < -0.3 is 14.6 Å². The fourth-order valence-electron chi connectivity index (χ4n) is 1.99. The predicted octanol–water partition coefficient (Wildman–Crippen LogP) is 3.43. The quantitative estimate of drug-likeness (QED) is 0.879. The van der Waals surface area contributed by atoms with Gasteiger partial charge in [-0.2, -0.15) is 11.3 Å². The van der Waals surface area contributed by atoms with E-state index in [0.29, 0.717) is 12.2 Å². The average Bonchev–Trinajstić information content (AvgIpc) is 2.97. The number of aliphatic hydroxyl groups excluding tert-OH is 1. The van der Waals surface area contributed by atoms with Crippen LogP contribution in [0.2, 0.25) is 0 Å². The topological polar surface area (TPSA) is 38.7 Å². The molecule has 1 N–H and O–H groups in total. The number of hydrogen-bond donors (Lipinski definition) is 1. The lowest BCUT2D eigenvalue weighted by Gasteiger charge is -2.15. The van der Waals surface area contributed by atoms with Crippen LogP contribution >= 0.6 is 11.3 Å². The summed E-state index contributed by atoms with van der Waals surface area (Å²) >= 11 is 1.68. The standard InChI is InChI=1S/C15H18O3S/c1-17-12-4-5-13(15(9-12)18-2)14(16)6-3-11-7-8-19-10-11/h4-5,7-10,14,16H,3,6H2,1-2H3. The highest BCUT2D eigenvalue weighted by Gasteiger charge is 2.14. The first-order valence-electron chi connectivity index (χ1n) is 6.15. The van der Waals surface area contributed by atoms with Gasteiger partial charge in [-0.05, 0) is 47.4 Å². The number of thiophene rings is 1. The van der Waals surface area contributed by atoms with Crippen LogP contribution < -0.4 is 9.47 Å². The Balaban J connectivity index is 2.07. The maximum absolute atomic E-state index is 10.3. The first kappa shape index (κ1) is 13.9. The maximum atomic E-state index is 10.3. The molecule has 0 aliphatic carbocycles. The molecule has 3 nitrogen and oxygen atoms in total. The van der Waals surface area contributed by atoms with Gasteiger partial charge in [0.25, 0.3) is 0 Å². The highest BCUT2D eigenvalue weighted by atomic mass is 32.1. The summed E-state index contributed by atoms with van der Waals surface area (Å²) in [6.45, 7) is 0. The largest absolute Gasteiger partial charge is 0.497 e. The summed E-state index contributed by atoms with van der Waals surface area (Å²) in [6, 6.07) is 7.58. The molecule has 1 heterocycles. The van der Waals surface area contributed by atoms with E-state index in [1.165, 1.54) is 5.56 Å². The molecule has 102 valence electrons. The molecule has 2 rings (SSSR count). The lowest BCUT2D eigenvalue weighted by atomic mass is 10.0. The Morgan fingerprint density at radius 3 is 2.68 bits per heavy atom. The third kappa shape index (κ3) is 3.49. The molecule has 0 spiro atoms. The third-order valence-electron chi connectivity index (χ3n) is 3.09. The van der Waals surface area contributed by atoms with Crippen LogP contribution in [0, 0.1) is 0 Å². The zero-order valence-electron chi connectivity index (χ0n) is 11.1. The van der Waals surface area contributed by atoms with Gasteiger partial charge in [-0.3, -0.25) is 0 Å². The zero-order valence-corrected chi connectivity index (χ0v) is 11.9. The van der Waals surface area contributed by atoms with E-state index in [2.05, 4.69) is 16.8 Å². The molecule has 1 aromatic heterocycles. The molecule has 0 aliphatic heterocycles. The highest BCUT2D eigenvalue weighted by molar-refractivity contribution is 7.07. The van der Waals surface area contributed by atoms with Crippen LogP contribution in [0.4, 0.5) is 0 Å². The van der Waals surface area contributed by atoms with Gasteiger partial charge in [-0.1, -0.05) is 0 Å². The lowest BCUT2D eigenvalue weighted by molar-refractivity contribution is 0.163. The number of rotatable bonds is 6. The second kappa shape index (κ2) is 6.59. The van der Waals surface area contributed by atoms with E-state index in [1.54, 1.807) is 31.6 Å². The summed E-state index contributed by atoms with van der Waals surface area (Å²) in [6.07, 6.45) is 1.01. The van der Waals surface area contributed by atoms with Crippen molar-refractivity contribution >= 4 is 11.3 Å². The van der Waals surface area contributed by atoms with Crippen molar-refractivity contribution < 1.29 is 14.6 Å². The molecule has 1 unspecified atom stereocenters. The SMILES string of the molecule is COc1ccc(C(O)CCc2ccsc2)c(OC)c1. The molecule has 19 heavy (non-hydrogen) atoms. The van der Waals surface area contributed by atoms with Crippen molar-refractivity contribution in [1.82, 2.24) is 0 Å². The number of benzene rings is 1. The van der Waals surface area contributed by atoms with Gasteiger partial charge >= 0.3 is 0 Å². The van der Waals surface area contributed by atoms with Gasteiger partial charge in [0.1, 0.15) is 11.5 Å². The summed E-state index contributed by atoms with van der Waals surface area (Å²) in [4.78, 5) is 0. The van der Waals surface area contributed by atoms with Crippen LogP contribution in [0.1, 0.15) is 23.7 Å². The normalized spacial score (nSPS) is 12.2. The van der Waals surface area contributed by atoms with Crippen LogP contribution in [-0.2, 0) is 6.42 Å². The van der Waals surface area contributed by atoms with Gasteiger partial charge in [0.2, 0.25) is 0 Å². The van der Waals surface area contributed by atoms with Crippen molar-refractivity contribution in [3.8, 4) is 11.5 Å². The first-order chi connectivity index (χ1) is 9.24. The second-order valence-electron chi connectivity index (χ2n) is 4.29. The summed E-state index contributed by atoms with van der Waals surface area (Å²) in [7, 11) is 3.21. The van der Waals surface area contributed by atoms with Gasteiger partial charge in [-0.15, -0.1) is 0 Å². The average molecular weight is 278 g/mol. The van der Waals surface area contributed by atoms with E-state index < -0.39 is 6.10 Å². The van der Waals surface area contributed by atoms with Crippen molar-refractivity contribution in [2.75, 3.05) is 14.2 Å². The minimum Gasteiger partial charge on any atom is -0.497 e. The Labute approximate surface area is 117 Å². The number of methoxy groups -OCH3 is 2. The van der Waals surface area contributed by atoms with Gasteiger partial charge in [0.05, 0.1) is 20.3 Å². The molecule has 0 aliphatic rings. The summed E-state index contributed by atoms with van der Waals surface area (Å²) < 4.78 is 10.5. The molecule has 1 atom stereocenters. The molecule has 0 amide bonds. The van der Waals surface area contributed by atoms with Crippen LogP contribution in [0.5, 0.6) is 11.5 Å². The molecule has 4 heteroatoms. The molecule has 0 fully saturated rings. The highest BCUT2D eigenvalue weighted by Crippen LogP contribution is 2.31. The molecule has 0 saturated heterocycles. The van der Waals surface area contributed by atoms with E-state index >= 15 is 0 Å². The number of ether oxygens (including phenoxy) is 2. The Hall–Kier alpha value is -1.52. The van der Waals surface area contributed by atoms with Crippen molar-refractivity contribution in [2.24, 2.45) is 0 Å². The number of aliphatic hydroxyl groups is 1. The summed E-state index contributed by atoms with van der Waals surface area (Å²) in [5.74, 6) is 1.39. The van der Waals surface area contributed by atoms with Crippen molar-refractivity contribution in [2.45, 2.75) is 18.9 Å². The van der Waals surface area contributed by atoms with Gasteiger partial charge in [0, 0.05) is 11.6 Å². The van der Waals surface area contributed by atoms with Crippen molar-refractivity contribution in [3.05, 3.63) is 46.2 Å². The van der Waals surface area contributed by atoms with E-state index in [0.717, 1.165) is 17.7 Å². The van der Waals surface area contributed by atoms with E-state index in [-0.39, 0.29) is 0 Å². The Bertz CT molecular complexity index is 508. The molecule has 2 aromatic rings. The molecular formula is C15H18O3S. The fourth-order valence-corrected chi connectivity index (χ4v) is 2.69. The molecular weight excluding hydrogens is 260 g/mol. The number of aryl methyl sites for hydroxylation is 1. The maximum Gasteiger partial charge on any atom is 0.128 e. The molecule has 0 radical (unpaired) electrons. The Morgan fingerprint density at radius 1 is 1.21 bits per heavy atom. The molecule has 1 aromatic carbocycles. The van der Waals surface area contributed by atoms with Crippen LogP contribution in [0.25, 0.3) is 0 Å². The van der Waals surface area contributed by atoms with Crippen LogP contribution in [-0.4, -0.2) is 19.3 Å². The number of hydrogen-bond acceptors (Lipinski definition) is 4. The van der Waals surface area contributed by atoms with E-state index in [4.69, 9.17) is 9.47 Å². The van der Waals surface area contributed by atoms with Gasteiger partial charge in [-0.25, -0.2) is 0 Å². The third-order valence-corrected chi connectivity index (χ3v) is 3.82. The Morgan fingerprint density at radius 2 is 2.05 bits per heavy atom. The molecule has 0 bridgehead atoms. The second-order valence-corrected chi connectivity index (χ2v) is 5.07. The fraction of sp³-hybridized carbons (Fsp3) is 0.333. The van der Waals surface area contributed by atoms with E-state index in [9.17, 15) is 5.11 Å². The molecule has 0 saturated carbocycles. The summed E-state index contributed by atoms with van der Waals surface area (Å²) in [5, 5.41) is 14.4. The monoisotopic (exact) mass is 278 g/mol. The van der Waals surface area contributed by atoms with E-state index in [1.807, 2.05) is 12.1 Å². The van der Waals surface area contributed by atoms with Crippen molar-refractivity contribution in [1.29, 1.82) is 0 Å². The minimum atomic E-state index is -0.527. The zero-order chi connectivity index (χ0) is 13.7. The Kier molecular flexibility index (Phi) is 4.82. The summed E-state index contributed by atoms with van der Waals surface area (Å²) in [5.41, 5.74) is 2.06. The minimum absolute atomic E-state index is 0.527. The van der Waals surface area contributed by atoms with Crippen LogP contribution in [0.15, 0.2) is 35.0 Å². The predicted molar refractivity (Wildman–Crippen MR) is 77.1 cm³/mol. The first-order valence-corrected chi connectivity index (χ1v) is 7.10. The van der Waals surface area contributed by atoms with Crippen LogP contribution in [0.3, 0.4) is 0 Å².